The number of nitrogens with zero attached hydrogens (tertiary/aromatic N) is 1. The second-order valence-corrected chi connectivity index (χ2v) is 6.94. The highest BCUT2D eigenvalue weighted by Gasteiger charge is 2.33. The second-order valence-electron chi connectivity index (χ2n) is 6.94. The van der Waals surface area contributed by atoms with Crippen molar-refractivity contribution in [1.82, 2.24) is 10.2 Å². The zero-order valence-corrected chi connectivity index (χ0v) is 13.5. The number of aliphatic hydroxyl groups excluding tert-OH is 1. The molecule has 1 aliphatic carbocycles. The first-order valence-corrected chi connectivity index (χ1v) is 8.78. The number of hydrogen-bond acceptors (Lipinski definition) is 3. The molecule has 0 amide bonds. The lowest BCUT2D eigenvalue weighted by atomic mass is 9.78. The molecule has 0 aromatic rings. The van der Waals surface area contributed by atoms with Crippen molar-refractivity contribution in [2.24, 2.45) is 5.92 Å². The molecule has 3 atom stereocenters. The topological polar surface area (TPSA) is 35.5 Å². The van der Waals surface area contributed by atoms with Crippen molar-refractivity contribution in [3.05, 3.63) is 0 Å². The molecule has 2 N–H and O–H groups in total. The van der Waals surface area contributed by atoms with E-state index in [1.807, 2.05) is 7.05 Å². The van der Waals surface area contributed by atoms with Crippen LogP contribution in [0.3, 0.4) is 0 Å². The van der Waals surface area contributed by atoms with Gasteiger partial charge in [0.15, 0.2) is 0 Å². The maximum atomic E-state index is 9.62. The molecule has 0 aromatic heterocycles. The highest BCUT2D eigenvalue weighted by atomic mass is 16.3. The van der Waals surface area contributed by atoms with E-state index in [9.17, 15) is 5.11 Å². The number of aliphatic hydroxyl groups is 1. The minimum absolute atomic E-state index is 0.0538. The van der Waals surface area contributed by atoms with E-state index < -0.39 is 0 Å². The van der Waals surface area contributed by atoms with E-state index in [1.54, 1.807) is 0 Å². The van der Waals surface area contributed by atoms with Gasteiger partial charge in [-0.2, -0.15) is 0 Å². The molecule has 3 nitrogen and oxygen atoms in total. The molecule has 0 spiro atoms. The normalized spacial score (nSPS) is 30.8. The molecule has 20 heavy (non-hydrogen) atoms. The van der Waals surface area contributed by atoms with Gasteiger partial charge in [0.25, 0.3) is 0 Å². The second kappa shape index (κ2) is 7.77. The number of rotatable bonds is 7. The molecule has 0 radical (unpaired) electrons. The van der Waals surface area contributed by atoms with Crippen molar-refractivity contribution in [1.29, 1.82) is 0 Å². The molecule has 1 saturated carbocycles. The zero-order chi connectivity index (χ0) is 14.4. The molecule has 2 fully saturated rings. The van der Waals surface area contributed by atoms with Crippen LogP contribution in [0, 0.1) is 5.92 Å². The van der Waals surface area contributed by atoms with E-state index in [-0.39, 0.29) is 12.1 Å². The summed E-state index contributed by atoms with van der Waals surface area (Å²) in [6, 6.07) is 0.872. The average Bonchev–Trinajstić information content (AvgIpc) is 2.52. The molecule has 3 unspecified atom stereocenters. The summed E-state index contributed by atoms with van der Waals surface area (Å²) in [5, 5.41) is 13.0. The third kappa shape index (κ3) is 3.75. The van der Waals surface area contributed by atoms with E-state index in [0.717, 1.165) is 24.8 Å². The fourth-order valence-corrected chi connectivity index (χ4v) is 4.37. The minimum Gasteiger partial charge on any atom is -0.394 e. The predicted molar refractivity (Wildman–Crippen MR) is 85.0 cm³/mol. The third-order valence-corrected chi connectivity index (χ3v) is 5.97. The molecule has 2 rings (SSSR count). The number of fused-ring (bicyclic) bond motifs is 1. The van der Waals surface area contributed by atoms with E-state index >= 15 is 0 Å². The average molecular weight is 282 g/mol. The summed E-state index contributed by atoms with van der Waals surface area (Å²) in [5.74, 6) is 0.982. The molecule has 1 heterocycles. The molecule has 1 saturated heterocycles. The van der Waals surface area contributed by atoms with Crippen molar-refractivity contribution in [3.63, 3.8) is 0 Å². The van der Waals surface area contributed by atoms with Crippen molar-refractivity contribution in [2.45, 2.75) is 76.3 Å². The molecule has 1 aliphatic heterocycles. The largest absolute Gasteiger partial charge is 0.394 e. The molecular weight excluding hydrogens is 248 g/mol. The van der Waals surface area contributed by atoms with Gasteiger partial charge in [0, 0.05) is 11.6 Å². The summed E-state index contributed by atoms with van der Waals surface area (Å²) in [4.78, 5) is 2.76. The van der Waals surface area contributed by atoms with Crippen LogP contribution < -0.4 is 5.32 Å². The quantitative estimate of drug-likeness (QED) is 0.754. The summed E-state index contributed by atoms with van der Waals surface area (Å²) in [7, 11) is 1.98. The van der Waals surface area contributed by atoms with E-state index in [2.05, 4.69) is 17.1 Å². The third-order valence-electron chi connectivity index (χ3n) is 5.97. The van der Waals surface area contributed by atoms with Crippen LogP contribution in [0.4, 0.5) is 0 Å². The molecule has 3 heteroatoms. The van der Waals surface area contributed by atoms with E-state index in [1.165, 1.54) is 58.0 Å². The van der Waals surface area contributed by atoms with Gasteiger partial charge in [-0.05, 0) is 71.0 Å². The maximum Gasteiger partial charge on any atom is 0.0613 e. The van der Waals surface area contributed by atoms with Crippen LogP contribution in [0.1, 0.15) is 64.7 Å². The molecule has 0 bridgehead atoms. The van der Waals surface area contributed by atoms with Crippen LogP contribution in [0.5, 0.6) is 0 Å². The molecule has 118 valence electrons. The van der Waals surface area contributed by atoms with Crippen LogP contribution in [-0.4, -0.2) is 48.3 Å². The highest BCUT2D eigenvalue weighted by molar-refractivity contribution is 4.89. The Morgan fingerprint density at radius 3 is 2.65 bits per heavy atom. The SMILES string of the molecule is CCC(CO)(CCCN1CCCC2CCCCC21)NC. The van der Waals surface area contributed by atoms with Crippen molar-refractivity contribution < 1.29 is 5.11 Å². The summed E-state index contributed by atoms with van der Waals surface area (Å²) in [5.41, 5.74) is -0.0538. The summed E-state index contributed by atoms with van der Waals surface area (Å²) >= 11 is 0. The highest BCUT2D eigenvalue weighted by Crippen LogP contribution is 2.35. The number of hydrogen-bond donors (Lipinski definition) is 2. The Kier molecular flexibility index (Phi) is 6.31. The molecule has 0 aromatic carbocycles. The maximum absolute atomic E-state index is 9.62. The van der Waals surface area contributed by atoms with Gasteiger partial charge in [-0.15, -0.1) is 0 Å². The lowest BCUT2D eigenvalue weighted by Gasteiger charge is -2.44. The fourth-order valence-electron chi connectivity index (χ4n) is 4.37. The summed E-state index contributed by atoms with van der Waals surface area (Å²) in [6.45, 7) is 4.96. The van der Waals surface area contributed by atoms with Crippen LogP contribution in [-0.2, 0) is 0 Å². The lowest BCUT2D eigenvalue weighted by molar-refractivity contribution is 0.0553. The smallest absolute Gasteiger partial charge is 0.0613 e. The van der Waals surface area contributed by atoms with Gasteiger partial charge in [-0.3, -0.25) is 0 Å². The summed E-state index contributed by atoms with van der Waals surface area (Å²) in [6.07, 6.45) is 11.9. The minimum atomic E-state index is -0.0538. The van der Waals surface area contributed by atoms with E-state index in [4.69, 9.17) is 0 Å². The van der Waals surface area contributed by atoms with Gasteiger partial charge in [0.2, 0.25) is 0 Å². The van der Waals surface area contributed by atoms with Gasteiger partial charge in [-0.1, -0.05) is 19.8 Å². The predicted octanol–water partition coefficient (Wildman–Crippen LogP) is 2.78. The van der Waals surface area contributed by atoms with Crippen LogP contribution in [0.2, 0.25) is 0 Å². The van der Waals surface area contributed by atoms with Gasteiger partial charge in [0.05, 0.1) is 6.61 Å². The fraction of sp³-hybridized carbons (Fsp3) is 1.00. The molecular formula is C17H34N2O. The molecule has 2 aliphatic rings. The lowest BCUT2D eigenvalue weighted by Crippen LogP contribution is -2.49. The Morgan fingerprint density at radius 1 is 1.20 bits per heavy atom. The van der Waals surface area contributed by atoms with Gasteiger partial charge in [0.1, 0.15) is 0 Å². The number of nitrogens with one attached hydrogen (secondary N) is 1. The first-order chi connectivity index (χ1) is 9.74. The Labute approximate surface area is 125 Å². The van der Waals surface area contributed by atoms with Crippen LogP contribution in [0.25, 0.3) is 0 Å². The van der Waals surface area contributed by atoms with Gasteiger partial charge >= 0.3 is 0 Å². The van der Waals surface area contributed by atoms with Crippen LogP contribution >= 0.6 is 0 Å². The van der Waals surface area contributed by atoms with E-state index in [0.29, 0.717) is 0 Å². The van der Waals surface area contributed by atoms with Crippen molar-refractivity contribution in [2.75, 3.05) is 26.7 Å². The number of likely N-dealkylation sites (N-methyl/N-ethyl adjacent to an activating group) is 1. The van der Waals surface area contributed by atoms with Crippen molar-refractivity contribution in [3.8, 4) is 0 Å². The number of likely N-dealkylation sites (tertiary alicyclic amines) is 1. The first-order valence-electron chi connectivity index (χ1n) is 8.78. The monoisotopic (exact) mass is 282 g/mol. The number of piperidine rings is 1. The Morgan fingerprint density at radius 2 is 1.95 bits per heavy atom. The Bertz CT molecular complexity index is 268. The standard InChI is InChI=1S/C17H34N2O/c1-3-17(14-20,18-2)11-7-13-19-12-6-9-15-8-4-5-10-16(15)19/h15-16,18,20H,3-14H2,1-2H3. The Hall–Kier alpha value is -0.120. The van der Waals surface area contributed by atoms with Crippen molar-refractivity contribution >= 4 is 0 Å². The first kappa shape index (κ1) is 16.3. The summed E-state index contributed by atoms with van der Waals surface area (Å²) < 4.78 is 0. The van der Waals surface area contributed by atoms with Gasteiger partial charge in [-0.25, -0.2) is 0 Å². The van der Waals surface area contributed by atoms with Gasteiger partial charge < -0.3 is 15.3 Å². The van der Waals surface area contributed by atoms with Crippen LogP contribution in [0.15, 0.2) is 0 Å². The zero-order valence-electron chi connectivity index (χ0n) is 13.5. The Balaban J connectivity index is 1.80.